The smallest absolute Gasteiger partial charge is 0.119 e. The first-order chi connectivity index (χ1) is 6.77. The lowest BCUT2D eigenvalue weighted by atomic mass is 9.83. The molecule has 0 aromatic heterocycles. The number of benzene rings is 1. The second kappa shape index (κ2) is 4.04. The number of phenols is 1. The van der Waals surface area contributed by atoms with Crippen molar-refractivity contribution in [1.29, 1.82) is 0 Å². The maximum atomic E-state index is 9.82. The van der Waals surface area contributed by atoms with E-state index in [2.05, 4.69) is 6.07 Å². The molecule has 0 bridgehead atoms. The normalized spacial score (nSPS) is 18.4. The molecule has 0 spiro atoms. The van der Waals surface area contributed by atoms with Gasteiger partial charge in [0.15, 0.2) is 0 Å². The molecule has 1 fully saturated rings. The number of hydrogen-bond acceptors (Lipinski definition) is 1. The molecule has 0 saturated heterocycles. The predicted octanol–water partition coefficient (Wildman–Crippen LogP) is 3.55. The first kappa shape index (κ1) is 9.57. The standard InChI is InChI=1S/C13H17O/c1-10-7-8-12(13(14)9-10)11-5-3-2-4-6-11/h8-9,11,14H,2-6H2,1H3. The zero-order chi connectivity index (χ0) is 9.97. The van der Waals surface area contributed by atoms with Gasteiger partial charge in [-0.05, 0) is 55.0 Å². The Morgan fingerprint density at radius 1 is 1.29 bits per heavy atom. The predicted molar refractivity (Wildman–Crippen MR) is 57.5 cm³/mol. The number of hydrogen-bond donors (Lipinski definition) is 1. The number of phenolic OH excluding ortho intramolecular Hbond substituents is 1. The second-order valence-corrected chi connectivity index (χ2v) is 4.29. The van der Waals surface area contributed by atoms with E-state index in [9.17, 15) is 5.11 Å². The van der Waals surface area contributed by atoms with Crippen LogP contribution in [0.25, 0.3) is 0 Å². The third-order valence-corrected chi connectivity index (χ3v) is 3.15. The van der Waals surface area contributed by atoms with Crippen molar-refractivity contribution < 1.29 is 5.11 Å². The summed E-state index contributed by atoms with van der Waals surface area (Å²) in [5, 5.41) is 9.82. The van der Waals surface area contributed by atoms with Gasteiger partial charge in [0, 0.05) is 0 Å². The molecule has 2 rings (SSSR count). The van der Waals surface area contributed by atoms with Gasteiger partial charge >= 0.3 is 0 Å². The lowest BCUT2D eigenvalue weighted by molar-refractivity contribution is 0.414. The molecule has 0 aliphatic heterocycles. The van der Waals surface area contributed by atoms with Crippen molar-refractivity contribution >= 4 is 0 Å². The summed E-state index contributed by atoms with van der Waals surface area (Å²) < 4.78 is 0. The topological polar surface area (TPSA) is 20.2 Å². The summed E-state index contributed by atoms with van der Waals surface area (Å²) >= 11 is 0. The van der Waals surface area contributed by atoms with Crippen LogP contribution in [0.3, 0.4) is 0 Å². The minimum absolute atomic E-state index is 0.466. The van der Waals surface area contributed by atoms with Gasteiger partial charge in [-0.2, -0.15) is 0 Å². The van der Waals surface area contributed by atoms with Gasteiger partial charge in [-0.1, -0.05) is 19.3 Å². The van der Waals surface area contributed by atoms with Crippen LogP contribution in [0.4, 0.5) is 0 Å². The molecule has 1 aliphatic carbocycles. The van der Waals surface area contributed by atoms with Crippen molar-refractivity contribution in [3.63, 3.8) is 0 Å². The summed E-state index contributed by atoms with van der Waals surface area (Å²) in [7, 11) is 0. The van der Waals surface area contributed by atoms with E-state index in [0.717, 1.165) is 11.1 Å². The largest absolute Gasteiger partial charge is 0.508 e. The van der Waals surface area contributed by atoms with Gasteiger partial charge in [-0.15, -0.1) is 0 Å². The first-order valence-electron chi connectivity index (χ1n) is 5.48. The Kier molecular flexibility index (Phi) is 2.76. The van der Waals surface area contributed by atoms with Crippen LogP contribution in [-0.2, 0) is 0 Å². The molecule has 1 aromatic rings. The summed E-state index contributed by atoms with van der Waals surface area (Å²) in [6, 6.07) is 6.97. The molecule has 1 N–H and O–H groups in total. The maximum Gasteiger partial charge on any atom is 0.119 e. The number of rotatable bonds is 1. The van der Waals surface area contributed by atoms with E-state index in [-0.39, 0.29) is 0 Å². The molecule has 14 heavy (non-hydrogen) atoms. The molecule has 1 aliphatic rings. The third kappa shape index (κ3) is 1.92. The fraction of sp³-hybridized carbons (Fsp3) is 0.538. The zero-order valence-electron chi connectivity index (χ0n) is 8.71. The molecule has 75 valence electrons. The van der Waals surface area contributed by atoms with Crippen LogP contribution in [0.2, 0.25) is 0 Å². The van der Waals surface area contributed by atoms with Crippen molar-refractivity contribution in [1.82, 2.24) is 0 Å². The molecule has 1 radical (unpaired) electrons. The molecule has 0 unspecified atom stereocenters. The van der Waals surface area contributed by atoms with Gasteiger partial charge in [0.1, 0.15) is 5.75 Å². The Morgan fingerprint density at radius 3 is 2.64 bits per heavy atom. The van der Waals surface area contributed by atoms with E-state index in [0.29, 0.717) is 11.7 Å². The highest BCUT2D eigenvalue weighted by Crippen LogP contribution is 2.36. The minimum Gasteiger partial charge on any atom is -0.508 e. The van der Waals surface area contributed by atoms with Crippen LogP contribution in [0.5, 0.6) is 5.75 Å². The van der Waals surface area contributed by atoms with Gasteiger partial charge < -0.3 is 5.11 Å². The van der Waals surface area contributed by atoms with Crippen molar-refractivity contribution in [3.05, 3.63) is 29.3 Å². The summed E-state index contributed by atoms with van der Waals surface area (Å²) in [4.78, 5) is 0. The molecule has 0 heterocycles. The van der Waals surface area contributed by atoms with E-state index >= 15 is 0 Å². The highest BCUT2D eigenvalue weighted by Gasteiger charge is 2.18. The van der Waals surface area contributed by atoms with E-state index in [1.165, 1.54) is 32.1 Å². The van der Waals surface area contributed by atoms with Crippen LogP contribution in [0, 0.1) is 13.0 Å². The van der Waals surface area contributed by atoms with Gasteiger partial charge in [0.25, 0.3) is 0 Å². The van der Waals surface area contributed by atoms with Crippen molar-refractivity contribution in [3.8, 4) is 5.75 Å². The number of aromatic hydroxyl groups is 1. The summed E-state index contributed by atoms with van der Waals surface area (Å²) in [5.41, 5.74) is 2.12. The quantitative estimate of drug-likeness (QED) is 0.716. The van der Waals surface area contributed by atoms with Crippen molar-refractivity contribution in [2.45, 2.75) is 44.9 Å². The average Bonchev–Trinajstić information content (AvgIpc) is 2.19. The lowest BCUT2D eigenvalue weighted by Gasteiger charge is -2.22. The fourth-order valence-electron chi connectivity index (χ4n) is 2.34. The van der Waals surface area contributed by atoms with Gasteiger partial charge in [0.2, 0.25) is 0 Å². The first-order valence-corrected chi connectivity index (χ1v) is 5.48. The van der Waals surface area contributed by atoms with Crippen molar-refractivity contribution in [2.24, 2.45) is 0 Å². The molecule has 0 atom stereocenters. The van der Waals surface area contributed by atoms with Gasteiger partial charge in [-0.25, -0.2) is 0 Å². The van der Waals surface area contributed by atoms with E-state index in [1.54, 1.807) is 0 Å². The minimum atomic E-state index is 0.466. The van der Waals surface area contributed by atoms with Crippen LogP contribution >= 0.6 is 0 Å². The van der Waals surface area contributed by atoms with Crippen LogP contribution in [-0.4, -0.2) is 5.11 Å². The monoisotopic (exact) mass is 189 g/mol. The Morgan fingerprint density at radius 2 is 2.00 bits per heavy atom. The molecular weight excluding hydrogens is 172 g/mol. The highest BCUT2D eigenvalue weighted by molar-refractivity contribution is 5.37. The fourth-order valence-corrected chi connectivity index (χ4v) is 2.34. The second-order valence-electron chi connectivity index (χ2n) is 4.29. The lowest BCUT2D eigenvalue weighted by Crippen LogP contribution is -2.04. The van der Waals surface area contributed by atoms with E-state index < -0.39 is 0 Å². The molecule has 1 aromatic carbocycles. The Hall–Kier alpha value is -0.980. The Bertz CT molecular complexity index is 311. The average molecular weight is 189 g/mol. The SMILES string of the molecule is Cc1[c]cc(C2CCCCC2)c(O)c1. The maximum absolute atomic E-state index is 9.82. The summed E-state index contributed by atoms with van der Waals surface area (Å²) in [5.74, 6) is 1.04. The van der Waals surface area contributed by atoms with Crippen LogP contribution < -0.4 is 0 Å². The van der Waals surface area contributed by atoms with Crippen LogP contribution in [0.15, 0.2) is 12.1 Å². The summed E-state index contributed by atoms with van der Waals surface area (Å²) in [6.45, 7) is 1.96. The molecule has 1 nitrogen and oxygen atoms in total. The van der Waals surface area contributed by atoms with Crippen molar-refractivity contribution in [2.75, 3.05) is 0 Å². The molecular formula is C13H17O. The van der Waals surface area contributed by atoms with Gasteiger partial charge in [0.05, 0.1) is 0 Å². The third-order valence-electron chi connectivity index (χ3n) is 3.15. The van der Waals surface area contributed by atoms with E-state index in [4.69, 9.17) is 0 Å². The highest BCUT2D eigenvalue weighted by atomic mass is 16.3. The number of aryl methyl sites for hydroxylation is 1. The Balaban J connectivity index is 2.22. The van der Waals surface area contributed by atoms with Crippen LogP contribution in [0.1, 0.15) is 49.1 Å². The Labute approximate surface area is 85.8 Å². The van der Waals surface area contributed by atoms with Gasteiger partial charge in [-0.3, -0.25) is 0 Å². The molecule has 1 heteroatoms. The van der Waals surface area contributed by atoms with E-state index in [1.807, 2.05) is 19.1 Å². The summed E-state index contributed by atoms with van der Waals surface area (Å²) in [6.07, 6.45) is 6.41. The molecule has 0 amide bonds. The molecule has 1 saturated carbocycles. The zero-order valence-corrected chi connectivity index (χ0v) is 8.71.